The SMILES string of the molecule is O=S(=O)([O-])[O-].O=S(=O)([O-])[O-].OCC(O)CO.OCC(O)CO.[Zr+4]. The molecule has 23 heavy (non-hydrogen) atoms. The van der Waals surface area contributed by atoms with Gasteiger partial charge in [-0.3, -0.25) is 16.8 Å². The molecule has 0 aliphatic heterocycles. The summed E-state index contributed by atoms with van der Waals surface area (Å²) in [7, 11) is -10.3. The van der Waals surface area contributed by atoms with Gasteiger partial charge in [0.05, 0.1) is 26.4 Å². The van der Waals surface area contributed by atoms with Gasteiger partial charge < -0.3 is 48.9 Å². The molecule has 0 aliphatic rings. The van der Waals surface area contributed by atoms with Crippen LogP contribution < -0.4 is 0 Å². The Balaban J connectivity index is -0.0000000620. The molecule has 0 radical (unpaired) electrons. The minimum atomic E-state index is -5.17. The Labute approximate surface area is 151 Å². The molecule has 0 heterocycles. The molecule has 0 atom stereocenters. The average Bonchev–Trinajstić information content (AvgIpc) is 2.33. The first-order chi connectivity index (χ1) is 9.62. The maximum atomic E-state index is 8.52. The Morgan fingerprint density at radius 2 is 0.696 bits per heavy atom. The van der Waals surface area contributed by atoms with Crippen LogP contribution in [0.25, 0.3) is 0 Å². The first-order valence-corrected chi connectivity index (χ1v) is 7.41. The number of aliphatic hydroxyl groups is 6. The van der Waals surface area contributed by atoms with Crippen molar-refractivity contribution in [2.24, 2.45) is 0 Å². The first kappa shape index (κ1) is 34.7. The number of aliphatic hydroxyl groups excluding tert-OH is 6. The zero-order valence-corrected chi connectivity index (χ0v) is 15.3. The second-order valence-corrected chi connectivity index (χ2v) is 4.49. The van der Waals surface area contributed by atoms with Crippen LogP contribution in [0.4, 0.5) is 0 Å². The molecule has 0 unspecified atom stereocenters. The van der Waals surface area contributed by atoms with E-state index in [4.69, 9.17) is 65.7 Å². The Morgan fingerprint density at radius 3 is 0.696 bits per heavy atom. The van der Waals surface area contributed by atoms with Crippen molar-refractivity contribution in [2.75, 3.05) is 26.4 Å². The normalized spacial score (nSPS) is 10.3. The van der Waals surface area contributed by atoms with E-state index in [2.05, 4.69) is 0 Å². The molecule has 0 saturated carbocycles. The third-order valence-electron chi connectivity index (χ3n) is 0.843. The predicted octanol–water partition coefficient (Wildman–Crippen LogP) is -6.01. The second kappa shape index (κ2) is 20.4. The van der Waals surface area contributed by atoms with Gasteiger partial charge in [-0.25, -0.2) is 0 Å². The van der Waals surface area contributed by atoms with Crippen molar-refractivity contribution >= 4 is 20.8 Å². The predicted molar refractivity (Wildman–Crippen MR) is 61.3 cm³/mol. The largest absolute Gasteiger partial charge is 4.00 e. The van der Waals surface area contributed by atoms with Gasteiger partial charge in [0.25, 0.3) is 0 Å². The number of hydrogen-bond acceptors (Lipinski definition) is 14. The molecule has 17 heteroatoms. The number of hydrogen-bond donors (Lipinski definition) is 6. The summed E-state index contributed by atoms with van der Waals surface area (Å²) in [6.45, 7) is -1.46. The molecule has 0 aromatic rings. The Kier molecular flexibility index (Phi) is 30.8. The average molecular weight is 468 g/mol. The maximum absolute atomic E-state index is 8.52. The molecule has 0 amide bonds. The molecule has 0 spiro atoms. The van der Waals surface area contributed by atoms with Crippen molar-refractivity contribution in [3.8, 4) is 0 Å². The van der Waals surface area contributed by atoms with E-state index in [1.165, 1.54) is 0 Å². The van der Waals surface area contributed by atoms with Gasteiger partial charge in [0.1, 0.15) is 12.2 Å². The minimum Gasteiger partial charge on any atom is -0.759 e. The molecule has 0 rings (SSSR count). The van der Waals surface area contributed by atoms with Crippen LogP contribution in [0.5, 0.6) is 0 Å². The van der Waals surface area contributed by atoms with Crippen molar-refractivity contribution in [1.29, 1.82) is 0 Å². The van der Waals surface area contributed by atoms with Gasteiger partial charge in [0.2, 0.25) is 0 Å². The van der Waals surface area contributed by atoms with E-state index in [-0.39, 0.29) is 52.6 Å². The van der Waals surface area contributed by atoms with Gasteiger partial charge in [-0.05, 0) is 0 Å². The van der Waals surface area contributed by atoms with Gasteiger partial charge in [-0.2, -0.15) is 0 Å². The summed E-state index contributed by atoms with van der Waals surface area (Å²) in [6.07, 6.45) is -1.91. The first-order valence-electron chi connectivity index (χ1n) is 4.75. The van der Waals surface area contributed by atoms with E-state index in [0.717, 1.165) is 0 Å². The summed E-state index contributed by atoms with van der Waals surface area (Å²) in [4.78, 5) is 0. The Bertz CT molecular complexity index is 343. The molecular weight excluding hydrogens is 451 g/mol. The van der Waals surface area contributed by atoms with Crippen molar-refractivity contribution < 1.29 is 91.9 Å². The summed E-state index contributed by atoms with van der Waals surface area (Å²) in [5.74, 6) is 0. The fourth-order valence-corrected chi connectivity index (χ4v) is 0.115. The van der Waals surface area contributed by atoms with Crippen LogP contribution in [0.3, 0.4) is 0 Å². The standard InChI is InChI=1S/2C3H8O3.2H2O4S.Zr/c2*4-1-3(6)2-5;2*1-5(2,3)4;/h2*3-6H,1-2H2;2*(H2,1,2,3,4);/q;;;;+4/p-4. The van der Waals surface area contributed by atoms with Crippen LogP contribution in [0, 0.1) is 0 Å². The molecular formula is C6H16O14S2Zr. The monoisotopic (exact) mass is 466 g/mol. The molecule has 0 aromatic heterocycles. The Hall–Kier alpha value is 0.383. The van der Waals surface area contributed by atoms with Crippen molar-refractivity contribution in [3.05, 3.63) is 0 Å². The van der Waals surface area contributed by atoms with Gasteiger partial charge in [0.15, 0.2) is 0 Å². The smallest absolute Gasteiger partial charge is 0.759 e. The van der Waals surface area contributed by atoms with E-state index in [1.807, 2.05) is 0 Å². The van der Waals surface area contributed by atoms with E-state index < -0.39 is 33.0 Å². The molecule has 0 fully saturated rings. The van der Waals surface area contributed by atoms with E-state index in [1.54, 1.807) is 0 Å². The summed E-state index contributed by atoms with van der Waals surface area (Å²) >= 11 is 0. The molecule has 0 saturated heterocycles. The fraction of sp³-hybridized carbons (Fsp3) is 1.00. The maximum Gasteiger partial charge on any atom is 4.00 e. The number of rotatable bonds is 4. The fourth-order valence-electron chi connectivity index (χ4n) is 0.115. The third kappa shape index (κ3) is 132. The molecule has 0 aromatic carbocycles. The van der Waals surface area contributed by atoms with Crippen LogP contribution in [-0.4, -0.2) is 104 Å². The van der Waals surface area contributed by atoms with E-state index in [9.17, 15) is 0 Å². The van der Waals surface area contributed by atoms with Crippen molar-refractivity contribution in [3.63, 3.8) is 0 Å². The van der Waals surface area contributed by atoms with Crippen LogP contribution in [-0.2, 0) is 47.0 Å². The third-order valence-corrected chi connectivity index (χ3v) is 0.843. The van der Waals surface area contributed by atoms with E-state index >= 15 is 0 Å². The van der Waals surface area contributed by atoms with Gasteiger partial charge in [0, 0.05) is 20.8 Å². The summed E-state index contributed by atoms with van der Waals surface area (Å²) in [5, 5.41) is 48.0. The van der Waals surface area contributed by atoms with Gasteiger partial charge >= 0.3 is 26.2 Å². The minimum absolute atomic E-state index is 0. The summed E-state index contributed by atoms with van der Waals surface area (Å²) in [5.41, 5.74) is 0. The topological polar surface area (TPSA) is 282 Å². The Morgan fingerprint density at radius 1 is 0.609 bits per heavy atom. The van der Waals surface area contributed by atoms with Gasteiger partial charge in [-0.15, -0.1) is 0 Å². The molecule has 0 bridgehead atoms. The molecule has 14 nitrogen and oxygen atoms in total. The van der Waals surface area contributed by atoms with Crippen molar-refractivity contribution in [2.45, 2.75) is 12.2 Å². The summed E-state index contributed by atoms with van der Waals surface area (Å²) in [6, 6.07) is 0. The molecule has 6 N–H and O–H groups in total. The molecule has 140 valence electrons. The van der Waals surface area contributed by atoms with Crippen LogP contribution in [0.1, 0.15) is 0 Å². The second-order valence-electron chi connectivity index (χ2n) is 2.85. The zero-order valence-electron chi connectivity index (χ0n) is 11.2. The molecule has 0 aliphatic carbocycles. The van der Waals surface area contributed by atoms with Crippen LogP contribution in [0.15, 0.2) is 0 Å². The van der Waals surface area contributed by atoms with Gasteiger partial charge in [-0.1, -0.05) is 0 Å². The quantitative estimate of drug-likeness (QED) is 0.166. The summed E-state index contributed by atoms with van der Waals surface area (Å²) < 4.78 is 68.2. The van der Waals surface area contributed by atoms with Crippen molar-refractivity contribution in [1.82, 2.24) is 0 Å². The zero-order chi connectivity index (χ0) is 19.0. The van der Waals surface area contributed by atoms with Crippen LogP contribution in [0.2, 0.25) is 0 Å². The van der Waals surface area contributed by atoms with E-state index in [0.29, 0.717) is 0 Å². The van der Waals surface area contributed by atoms with Crippen LogP contribution >= 0.6 is 0 Å².